The van der Waals surface area contributed by atoms with Crippen molar-refractivity contribution in [2.75, 3.05) is 13.1 Å². The molecule has 1 heterocycles. The van der Waals surface area contributed by atoms with Crippen LogP contribution in [0.4, 0.5) is 0 Å². The van der Waals surface area contributed by atoms with Crippen LogP contribution in [0.25, 0.3) is 0 Å². The number of carbonyl (C=O) groups is 1. The zero-order valence-electron chi connectivity index (χ0n) is 11.6. The molecular weight excluding hydrogens is 224 g/mol. The Labute approximate surface area is 111 Å². The van der Waals surface area contributed by atoms with E-state index in [1.54, 1.807) is 0 Å². The lowest BCUT2D eigenvalue weighted by Gasteiger charge is -2.30. The van der Waals surface area contributed by atoms with E-state index in [0.29, 0.717) is 12.1 Å². The van der Waals surface area contributed by atoms with E-state index in [1.807, 2.05) is 0 Å². The topological polar surface area (TPSA) is 32.3 Å². The molecule has 0 atom stereocenters. The van der Waals surface area contributed by atoms with E-state index in [0.717, 1.165) is 6.41 Å². The molecular formula is C15H28N2O. The molecule has 3 nitrogen and oxygen atoms in total. The molecule has 0 aromatic heterocycles. The van der Waals surface area contributed by atoms with Gasteiger partial charge in [-0.2, -0.15) is 0 Å². The maximum atomic E-state index is 11.0. The SMILES string of the molecule is C1CCNC1.O=CN(C1CCCC1)C1CCCC1. The molecule has 2 saturated carbocycles. The molecule has 0 radical (unpaired) electrons. The monoisotopic (exact) mass is 252 g/mol. The zero-order chi connectivity index (χ0) is 12.6. The van der Waals surface area contributed by atoms with E-state index >= 15 is 0 Å². The van der Waals surface area contributed by atoms with E-state index in [4.69, 9.17) is 0 Å². The summed E-state index contributed by atoms with van der Waals surface area (Å²) in [6.07, 6.45) is 14.1. The average Bonchev–Trinajstić information content (AvgIpc) is 3.17. The molecule has 1 saturated heterocycles. The van der Waals surface area contributed by atoms with Crippen LogP contribution >= 0.6 is 0 Å². The summed E-state index contributed by atoms with van der Waals surface area (Å²) in [6.45, 7) is 2.50. The number of nitrogens with zero attached hydrogens (tertiary/aromatic N) is 1. The summed E-state index contributed by atoms with van der Waals surface area (Å²) in [5.74, 6) is 0. The van der Waals surface area contributed by atoms with Gasteiger partial charge in [-0.25, -0.2) is 0 Å². The van der Waals surface area contributed by atoms with Crippen LogP contribution in [0.2, 0.25) is 0 Å². The smallest absolute Gasteiger partial charge is 0.210 e. The Morgan fingerprint density at radius 1 is 0.778 bits per heavy atom. The molecule has 1 amide bonds. The van der Waals surface area contributed by atoms with Crippen molar-refractivity contribution in [3.8, 4) is 0 Å². The minimum Gasteiger partial charge on any atom is -0.339 e. The van der Waals surface area contributed by atoms with Gasteiger partial charge >= 0.3 is 0 Å². The summed E-state index contributed by atoms with van der Waals surface area (Å²) >= 11 is 0. The zero-order valence-corrected chi connectivity index (χ0v) is 11.6. The highest BCUT2D eigenvalue weighted by Gasteiger charge is 2.29. The summed E-state index contributed by atoms with van der Waals surface area (Å²) < 4.78 is 0. The van der Waals surface area contributed by atoms with Gasteiger partial charge in [-0.05, 0) is 51.6 Å². The fourth-order valence-corrected chi connectivity index (χ4v) is 3.50. The third kappa shape index (κ3) is 3.98. The molecule has 1 aliphatic heterocycles. The summed E-state index contributed by atoms with van der Waals surface area (Å²) in [5.41, 5.74) is 0. The van der Waals surface area contributed by atoms with Crippen LogP contribution in [0.15, 0.2) is 0 Å². The Balaban J connectivity index is 0.000000202. The maximum Gasteiger partial charge on any atom is 0.210 e. The van der Waals surface area contributed by atoms with Gasteiger partial charge in [-0.15, -0.1) is 0 Å². The standard InChI is InChI=1S/C11H19NO.C4H9N/c13-9-12(10-5-1-2-6-10)11-7-3-4-8-11;1-2-4-5-3-1/h9-11H,1-8H2;5H,1-4H2. The van der Waals surface area contributed by atoms with Crippen molar-refractivity contribution >= 4 is 6.41 Å². The average molecular weight is 252 g/mol. The second-order valence-electron chi connectivity index (χ2n) is 5.89. The van der Waals surface area contributed by atoms with Gasteiger partial charge in [0.25, 0.3) is 0 Å². The largest absolute Gasteiger partial charge is 0.339 e. The molecule has 1 N–H and O–H groups in total. The van der Waals surface area contributed by atoms with Crippen molar-refractivity contribution in [1.29, 1.82) is 0 Å². The van der Waals surface area contributed by atoms with Crippen molar-refractivity contribution in [1.82, 2.24) is 10.2 Å². The second-order valence-corrected chi connectivity index (χ2v) is 5.89. The minimum absolute atomic E-state index is 0.584. The number of amides is 1. The molecule has 2 aliphatic carbocycles. The van der Waals surface area contributed by atoms with Crippen molar-refractivity contribution < 1.29 is 4.79 Å². The summed E-state index contributed by atoms with van der Waals surface area (Å²) in [7, 11) is 0. The predicted octanol–water partition coefficient (Wildman–Crippen LogP) is 2.70. The first-order chi connectivity index (χ1) is 8.92. The maximum absolute atomic E-state index is 11.0. The van der Waals surface area contributed by atoms with E-state index in [9.17, 15) is 4.79 Å². The van der Waals surface area contributed by atoms with Gasteiger partial charge in [0.1, 0.15) is 0 Å². The van der Waals surface area contributed by atoms with Crippen LogP contribution in [-0.2, 0) is 4.79 Å². The number of carbonyl (C=O) groups excluding carboxylic acids is 1. The Kier molecular flexibility index (Phi) is 5.98. The van der Waals surface area contributed by atoms with Crippen LogP contribution in [0.3, 0.4) is 0 Å². The lowest BCUT2D eigenvalue weighted by Crippen LogP contribution is -2.39. The van der Waals surface area contributed by atoms with E-state index in [1.165, 1.54) is 77.3 Å². The highest BCUT2D eigenvalue weighted by Crippen LogP contribution is 2.30. The fraction of sp³-hybridized carbons (Fsp3) is 0.933. The first kappa shape index (κ1) is 13.9. The molecule has 18 heavy (non-hydrogen) atoms. The van der Waals surface area contributed by atoms with Crippen molar-refractivity contribution in [3.05, 3.63) is 0 Å². The second kappa shape index (κ2) is 7.78. The van der Waals surface area contributed by atoms with E-state index in [2.05, 4.69) is 10.2 Å². The third-order valence-electron chi connectivity index (χ3n) is 4.57. The number of hydrogen-bond donors (Lipinski definition) is 1. The van der Waals surface area contributed by atoms with Gasteiger partial charge in [0.05, 0.1) is 0 Å². The van der Waals surface area contributed by atoms with Crippen LogP contribution in [0.1, 0.15) is 64.2 Å². The first-order valence-corrected chi connectivity index (χ1v) is 7.85. The van der Waals surface area contributed by atoms with Crippen LogP contribution in [-0.4, -0.2) is 36.5 Å². The highest BCUT2D eigenvalue weighted by atomic mass is 16.1. The van der Waals surface area contributed by atoms with Crippen LogP contribution < -0.4 is 5.32 Å². The van der Waals surface area contributed by atoms with Crippen LogP contribution in [0, 0.1) is 0 Å². The Morgan fingerprint density at radius 2 is 1.22 bits per heavy atom. The summed E-state index contributed by atoms with van der Waals surface area (Å²) in [4.78, 5) is 13.1. The summed E-state index contributed by atoms with van der Waals surface area (Å²) in [5, 5.41) is 3.22. The Bertz CT molecular complexity index is 205. The fourth-order valence-electron chi connectivity index (χ4n) is 3.50. The molecule has 3 rings (SSSR count). The predicted molar refractivity (Wildman–Crippen MR) is 74.5 cm³/mol. The molecule has 0 aromatic rings. The number of nitrogens with one attached hydrogen (secondary N) is 1. The minimum atomic E-state index is 0.584. The summed E-state index contributed by atoms with van der Waals surface area (Å²) in [6, 6.07) is 1.17. The molecule has 0 unspecified atom stereocenters. The van der Waals surface area contributed by atoms with Crippen molar-refractivity contribution in [3.63, 3.8) is 0 Å². The molecule has 3 fully saturated rings. The van der Waals surface area contributed by atoms with Gasteiger partial charge in [-0.1, -0.05) is 25.7 Å². The van der Waals surface area contributed by atoms with Gasteiger partial charge < -0.3 is 10.2 Å². The highest BCUT2D eigenvalue weighted by molar-refractivity contribution is 5.48. The van der Waals surface area contributed by atoms with Crippen molar-refractivity contribution in [2.24, 2.45) is 0 Å². The molecule has 3 aliphatic rings. The molecule has 0 spiro atoms. The normalized spacial score (nSPS) is 24.9. The molecule has 3 heteroatoms. The van der Waals surface area contributed by atoms with Gasteiger partial charge in [0.2, 0.25) is 6.41 Å². The quantitative estimate of drug-likeness (QED) is 0.783. The lowest BCUT2D eigenvalue weighted by molar-refractivity contribution is -0.122. The lowest BCUT2D eigenvalue weighted by atomic mass is 10.1. The first-order valence-electron chi connectivity index (χ1n) is 7.85. The molecule has 0 bridgehead atoms. The van der Waals surface area contributed by atoms with Gasteiger partial charge in [0, 0.05) is 12.1 Å². The molecule has 104 valence electrons. The van der Waals surface area contributed by atoms with Gasteiger partial charge in [-0.3, -0.25) is 4.79 Å². The third-order valence-corrected chi connectivity index (χ3v) is 4.57. The Hall–Kier alpha value is -0.570. The number of hydrogen-bond acceptors (Lipinski definition) is 2. The van der Waals surface area contributed by atoms with Gasteiger partial charge in [0.15, 0.2) is 0 Å². The van der Waals surface area contributed by atoms with Crippen molar-refractivity contribution in [2.45, 2.75) is 76.3 Å². The van der Waals surface area contributed by atoms with Crippen LogP contribution in [0.5, 0.6) is 0 Å². The number of rotatable bonds is 3. The van der Waals surface area contributed by atoms with E-state index < -0.39 is 0 Å². The Morgan fingerprint density at radius 3 is 1.50 bits per heavy atom. The van der Waals surface area contributed by atoms with E-state index in [-0.39, 0.29) is 0 Å². The molecule has 0 aromatic carbocycles.